The van der Waals surface area contributed by atoms with Crippen molar-refractivity contribution in [3.63, 3.8) is 0 Å². The van der Waals surface area contributed by atoms with Crippen molar-refractivity contribution in [3.05, 3.63) is 54.1 Å². The number of rotatable bonds is 2. The van der Waals surface area contributed by atoms with Crippen molar-refractivity contribution in [2.45, 2.75) is 0 Å². The van der Waals surface area contributed by atoms with Gasteiger partial charge in [-0.3, -0.25) is 4.98 Å². The second-order valence-corrected chi connectivity index (χ2v) is 3.24. The van der Waals surface area contributed by atoms with E-state index < -0.39 is 11.8 Å². The lowest BCUT2D eigenvalue weighted by molar-refractivity contribution is 0.0697. The highest BCUT2D eigenvalue weighted by atomic mass is 19.1. The van der Waals surface area contributed by atoms with E-state index >= 15 is 0 Å². The molecular formula is C12H8FNO2. The van der Waals surface area contributed by atoms with Crippen LogP contribution in [0.25, 0.3) is 11.1 Å². The smallest absolute Gasteiger partial charge is 0.336 e. The Labute approximate surface area is 91.2 Å². The molecule has 0 aliphatic carbocycles. The summed E-state index contributed by atoms with van der Waals surface area (Å²) in [6.07, 6.45) is 2.81. The normalized spacial score (nSPS) is 10.1. The maximum Gasteiger partial charge on any atom is 0.336 e. The first-order valence-corrected chi connectivity index (χ1v) is 4.62. The molecule has 16 heavy (non-hydrogen) atoms. The summed E-state index contributed by atoms with van der Waals surface area (Å²) >= 11 is 0. The van der Waals surface area contributed by atoms with Crippen LogP contribution >= 0.6 is 0 Å². The Bertz CT molecular complexity index is 540. The lowest BCUT2D eigenvalue weighted by atomic mass is 10.0. The summed E-state index contributed by atoms with van der Waals surface area (Å²) in [5.74, 6) is -1.46. The van der Waals surface area contributed by atoms with Crippen molar-refractivity contribution in [3.8, 4) is 11.1 Å². The molecule has 0 saturated heterocycles. The van der Waals surface area contributed by atoms with Gasteiger partial charge in [0.1, 0.15) is 5.82 Å². The van der Waals surface area contributed by atoms with Crippen molar-refractivity contribution in [1.29, 1.82) is 0 Å². The second-order valence-electron chi connectivity index (χ2n) is 3.24. The predicted molar refractivity (Wildman–Crippen MR) is 56.6 cm³/mol. The number of pyridine rings is 1. The fraction of sp³-hybridized carbons (Fsp3) is 0. The molecule has 0 bridgehead atoms. The lowest BCUT2D eigenvalue weighted by Gasteiger charge is -2.04. The first kappa shape index (κ1) is 10.3. The minimum Gasteiger partial charge on any atom is -0.478 e. The van der Waals surface area contributed by atoms with Gasteiger partial charge in [-0.2, -0.15) is 0 Å². The first-order valence-electron chi connectivity index (χ1n) is 4.62. The molecule has 0 saturated carbocycles. The quantitative estimate of drug-likeness (QED) is 0.841. The number of benzene rings is 1. The SMILES string of the molecule is O=C(O)c1ccncc1-c1cccc(F)c1. The Morgan fingerprint density at radius 1 is 1.31 bits per heavy atom. The molecule has 1 heterocycles. The number of nitrogens with zero attached hydrogens (tertiary/aromatic N) is 1. The number of hydrogen-bond acceptors (Lipinski definition) is 2. The number of hydrogen-bond donors (Lipinski definition) is 1. The molecule has 0 unspecified atom stereocenters. The first-order chi connectivity index (χ1) is 7.68. The minimum absolute atomic E-state index is 0.112. The molecular weight excluding hydrogens is 209 g/mol. The molecule has 0 radical (unpaired) electrons. The van der Waals surface area contributed by atoms with Gasteiger partial charge in [-0.1, -0.05) is 12.1 Å². The number of halogens is 1. The topological polar surface area (TPSA) is 50.2 Å². The summed E-state index contributed by atoms with van der Waals surface area (Å²) in [5.41, 5.74) is 1.03. The predicted octanol–water partition coefficient (Wildman–Crippen LogP) is 2.59. The Morgan fingerprint density at radius 3 is 2.81 bits per heavy atom. The van der Waals surface area contributed by atoms with E-state index in [0.29, 0.717) is 11.1 Å². The van der Waals surface area contributed by atoms with Gasteiger partial charge in [0.05, 0.1) is 5.56 Å². The van der Waals surface area contributed by atoms with Crippen LogP contribution in [-0.2, 0) is 0 Å². The van der Waals surface area contributed by atoms with Crippen LogP contribution in [0.15, 0.2) is 42.7 Å². The van der Waals surface area contributed by atoms with Crippen LogP contribution in [0.3, 0.4) is 0 Å². The van der Waals surface area contributed by atoms with Crippen molar-refractivity contribution in [2.24, 2.45) is 0 Å². The summed E-state index contributed by atoms with van der Waals surface area (Å²) in [6, 6.07) is 7.15. The summed E-state index contributed by atoms with van der Waals surface area (Å²) < 4.78 is 13.0. The molecule has 1 aromatic heterocycles. The highest BCUT2D eigenvalue weighted by Crippen LogP contribution is 2.23. The van der Waals surface area contributed by atoms with Crippen molar-refractivity contribution >= 4 is 5.97 Å². The van der Waals surface area contributed by atoms with Gasteiger partial charge in [0.15, 0.2) is 0 Å². The number of carboxylic acids is 1. The maximum absolute atomic E-state index is 13.0. The maximum atomic E-state index is 13.0. The number of carboxylic acid groups (broad SMARTS) is 1. The summed E-state index contributed by atoms with van der Waals surface area (Å²) in [6.45, 7) is 0. The van der Waals surface area contributed by atoms with Crippen LogP contribution in [-0.4, -0.2) is 16.1 Å². The fourth-order valence-corrected chi connectivity index (χ4v) is 1.47. The summed E-state index contributed by atoms with van der Waals surface area (Å²) in [4.78, 5) is 14.8. The van der Waals surface area contributed by atoms with Crippen LogP contribution in [0.1, 0.15) is 10.4 Å². The van der Waals surface area contributed by atoms with Gasteiger partial charge >= 0.3 is 5.97 Å². The third-order valence-corrected chi connectivity index (χ3v) is 2.19. The molecule has 0 spiro atoms. The molecule has 3 nitrogen and oxygen atoms in total. The largest absolute Gasteiger partial charge is 0.478 e. The molecule has 0 fully saturated rings. The van der Waals surface area contributed by atoms with E-state index in [-0.39, 0.29) is 5.56 Å². The minimum atomic E-state index is -1.05. The molecule has 0 aliphatic rings. The molecule has 0 amide bonds. The van der Waals surface area contributed by atoms with Crippen molar-refractivity contribution in [1.82, 2.24) is 4.98 Å². The van der Waals surface area contributed by atoms with Gasteiger partial charge in [-0.25, -0.2) is 9.18 Å². The standard InChI is InChI=1S/C12H8FNO2/c13-9-3-1-2-8(6-9)11-7-14-5-4-10(11)12(15)16/h1-7H,(H,15,16). The van der Waals surface area contributed by atoms with E-state index in [2.05, 4.69) is 4.98 Å². The van der Waals surface area contributed by atoms with E-state index in [1.165, 1.54) is 36.7 Å². The van der Waals surface area contributed by atoms with Gasteiger partial charge in [0, 0.05) is 18.0 Å². The van der Waals surface area contributed by atoms with E-state index in [9.17, 15) is 9.18 Å². The second kappa shape index (κ2) is 4.10. The third kappa shape index (κ3) is 1.91. The van der Waals surface area contributed by atoms with Gasteiger partial charge < -0.3 is 5.11 Å². The molecule has 0 aliphatic heterocycles. The van der Waals surface area contributed by atoms with Gasteiger partial charge in [0.2, 0.25) is 0 Å². The number of aromatic nitrogens is 1. The van der Waals surface area contributed by atoms with E-state index in [1.54, 1.807) is 6.07 Å². The summed E-state index contributed by atoms with van der Waals surface area (Å²) in [7, 11) is 0. The van der Waals surface area contributed by atoms with Crippen LogP contribution < -0.4 is 0 Å². The Morgan fingerprint density at radius 2 is 2.12 bits per heavy atom. The third-order valence-electron chi connectivity index (χ3n) is 2.19. The van der Waals surface area contributed by atoms with E-state index in [1.807, 2.05) is 0 Å². The lowest BCUT2D eigenvalue weighted by Crippen LogP contribution is -1.99. The van der Waals surface area contributed by atoms with Crippen molar-refractivity contribution in [2.75, 3.05) is 0 Å². The average molecular weight is 217 g/mol. The monoisotopic (exact) mass is 217 g/mol. The fourth-order valence-electron chi connectivity index (χ4n) is 1.47. The number of aromatic carboxylic acids is 1. The van der Waals surface area contributed by atoms with Crippen LogP contribution in [0.2, 0.25) is 0 Å². The molecule has 4 heteroatoms. The highest BCUT2D eigenvalue weighted by molar-refractivity contribution is 5.95. The zero-order valence-corrected chi connectivity index (χ0v) is 8.22. The van der Waals surface area contributed by atoms with Crippen LogP contribution in [0.5, 0.6) is 0 Å². The van der Waals surface area contributed by atoms with Gasteiger partial charge in [0.25, 0.3) is 0 Å². The highest BCUT2D eigenvalue weighted by Gasteiger charge is 2.11. The number of carbonyl (C=O) groups is 1. The molecule has 0 atom stereocenters. The molecule has 80 valence electrons. The Hall–Kier alpha value is -2.23. The van der Waals surface area contributed by atoms with E-state index in [0.717, 1.165) is 0 Å². The average Bonchev–Trinajstić information content (AvgIpc) is 2.29. The zero-order valence-electron chi connectivity index (χ0n) is 8.22. The Balaban J connectivity index is 2.60. The zero-order chi connectivity index (χ0) is 11.5. The molecule has 2 aromatic rings. The van der Waals surface area contributed by atoms with Gasteiger partial charge in [-0.05, 0) is 23.8 Å². The van der Waals surface area contributed by atoms with Crippen LogP contribution in [0, 0.1) is 5.82 Å². The van der Waals surface area contributed by atoms with Crippen molar-refractivity contribution < 1.29 is 14.3 Å². The van der Waals surface area contributed by atoms with Gasteiger partial charge in [-0.15, -0.1) is 0 Å². The summed E-state index contributed by atoms with van der Waals surface area (Å²) in [5, 5.41) is 8.97. The molecule has 1 N–H and O–H groups in total. The van der Waals surface area contributed by atoms with E-state index in [4.69, 9.17) is 5.11 Å². The Kier molecular flexibility index (Phi) is 2.64. The van der Waals surface area contributed by atoms with Crippen LogP contribution in [0.4, 0.5) is 4.39 Å². The molecule has 1 aromatic carbocycles. The molecule has 2 rings (SSSR count).